The summed E-state index contributed by atoms with van der Waals surface area (Å²) in [4.78, 5) is 15.4. The average Bonchev–Trinajstić information content (AvgIpc) is 2.82. The number of terminal acetylenes is 1. The van der Waals surface area contributed by atoms with Crippen LogP contribution in [0.1, 0.15) is 12.0 Å². The van der Waals surface area contributed by atoms with Gasteiger partial charge in [-0.25, -0.2) is 4.39 Å². The standard InChI is InChI=1S/C25H20FN5O2/c1-3-13-5-4-6-14-7-17(32)9-18(20(13)14)22-21(26)23-19(10-27-22)24(30-25(29-23)33-2)31-11-15-8-16(12-31)28-15/h1,4-7,9-10,15-16,28,32H,8,11-12H2,2H3. The number of nitrogens with one attached hydrogen (secondary N) is 1. The molecule has 2 aromatic heterocycles. The van der Waals surface area contributed by atoms with Gasteiger partial charge in [0.25, 0.3) is 0 Å². The summed E-state index contributed by atoms with van der Waals surface area (Å²) in [6.07, 6.45) is 8.43. The van der Waals surface area contributed by atoms with E-state index in [-0.39, 0.29) is 23.0 Å². The summed E-state index contributed by atoms with van der Waals surface area (Å²) in [6, 6.07) is 9.36. The Hall–Kier alpha value is -3.96. The molecule has 3 fully saturated rings. The number of aromatic nitrogens is 3. The molecule has 2 bridgehead atoms. The van der Waals surface area contributed by atoms with E-state index in [2.05, 4.69) is 31.1 Å². The van der Waals surface area contributed by atoms with Crippen molar-refractivity contribution in [2.75, 3.05) is 25.1 Å². The number of halogens is 1. The molecule has 3 aliphatic heterocycles. The Morgan fingerprint density at radius 3 is 2.76 bits per heavy atom. The number of methoxy groups -OCH3 is 1. The topological polar surface area (TPSA) is 83.4 Å². The number of hydrogen-bond donors (Lipinski definition) is 2. The van der Waals surface area contributed by atoms with E-state index < -0.39 is 5.82 Å². The van der Waals surface area contributed by atoms with Crippen LogP contribution in [0.4, 0.5) is 10.2 Å². The largest absolute Gasteiger partial charge is 0.508 e. The van der Waals surface area contributed by atoms with Crippen LogP contribution in [0.25, 0.3) is 32.9 Å². The van der Waals surface area contributed by atoms with Crippen LogP contribution in [0.2, 0.25) is 0 Å². The minimum atomic E-state index is -0.617. The zero-order valence-electron chi connectivity index (χ0n) is 17.8. The van der Waals surface area contributed by atoms with Crippen molar-refractivity contribution in [2.45, 2.75) is 18.5 Å². The van der Waals surface area contributed by atoms with Crippen molar-refractivity contribution in [3.8, 4) is 35.4 Å². The van der Waals surface area contributed by atoms with Crippen molar-refractivity contribution in [1.29, 1.82) is 0 Å². The predicted molar refractivity (Wildman–Crippen MR) is 124 cm³/mol. The molecule has 5 heterocycles. The number of piperazine rings is 1. The van der Waals surface area contributed by atoms with Crippen molar-refractivity contribution >= 4 is 27.5 Å². The molecule has 0 radical (unpaired) electrons. The third kappa shape index (κ3) is 3.04. The van der Waals surface area contributed by atoms with Crippen LogP contribution < -0.4 is 15.0 Å². The highest BCUT2D eigenvalue weighted by Crippen LogP contribution is 2.38. The van der Waals surface area contributed by atoms with Gasteiger partial charge in [-0.05, 0) is 30.0 Å². The molecule has 0 saturated carbocycles. The fourth-order valence-electron chi connectivity index (χ4n) is 4.95. The van der Waals surface area contributed by atoms with Crippen LogP contribution in [-0.2, 0) is 0 Å². The first-order chi connectivity index (χ1) is 16.1. The molecule has 3 saturated heterocycles. The van der Waals surface area contributed by atoms with Crippen molar-refractivity contribution in [2.24, 2.45) is 0 Å². The van der Waals surface area contributed by atoms with Gasteiger partial charge in [0.2, 0.25) is 0 Å². The Morgan fingerprint density at radius 1 is 1.24 bits per heavy atom. The first-order valence-electron chi connectivity index (χ1n) is 10.7. The van der Waals surface area contributed by atoms with Gasteiger partial charge in [-0.2, -0.15) is 9.97 Å². The van der Waals surface area contributed by atoms with Gasteiger partial charge in [0.15, 0.2) is 5.82 Å². The molecule has 3 aliphatic rings. The Morgan fingerprint density at radius 2 is 2.03 bits per heavy atom. The number of hydrogen-bond acceptors (Lipinski definition) is 7. The second kappa shape index (κ2) is 7.29. The normalized spacial score (nSPS) is 19.4. The first kappa shape index (κ1) is 19.7. The third-order valence-electron chi connectivity index (χ3n) is 6.42. The molecule has 0 spiro atoms. The van der Waals surface area contributed by atoms with Gasteiger partial charge in [0.05, 0.1) is 12.5 Å². The number of pyridine rings is 1. The summed E-state index contributed by atoms with van der Waals surface area (Å²) in [5, 5.41) is 15.6. The Kier molecular flexibility index (Phi) is 4.35. The molecule has 4 aromatic rings. The number of phenols is 1. The summed E-state index contributed by atoms with van der Waals surface area (Å²) in [6.45, 7) is 1.55. The van der Waals surface area contributed by atoms with Crippen LogP contribution in [0.15, 0.2) is 36.5 Å². The van der Waals surface area contributed by atoms with Crippen molar-refractivity contribution in [3.05, 3.63) is 47.9 Å². The van der Waals surface area contributed by atoms with E-state index in [4.69, 9.17) is 11.2 Å². The van der Waals surface area contributed by atoms with E-state index in [1.54, 1.807) is 24.4 Å². The van der Waals surface area contributed by atoms with Gasteiger partial charge in [0.1, 0.15) is 22.8 Å². The fraction of sp³-hybridized carbons (Fsp3) is 0.240. The van der Waals surface area contributed by atoms with Crippen molar-refractivity contribution < 1.29 is 14.2 Å². The van der Waals surface area contributed by atoms with Gasteiger partial charge >= 0.3 is 6.01 Å². The van der Waals surface area contributed by atoms with Gasteiger partial charge in [-0.3, -0.25) is 4.98 Å². The highest BCUT2D eigenvalue weighted by atomic mass is 19.1. The molecule has 2 N–H and O–H groups in total. The van der Waals surface area contributed by atoms with Crippen molar-refractivity contribution in [1.82, 2.24) is 20.3 Å². The number of phenolic OH excluding ortho intramolecular Hbond substituents is 1. The van der Waals surface area contributed by atoms with E-state index in [1.165, 1.54) is 13.2 Å². The molecule has 2 atom stereocenters. The fourth-order valence-corrected chi connectivity index (χ4v) is 4.95. The van der Waals surface area contributed by atoms with E-state index in [1.807, 2.05) is 6.07 Å². The first-order valence-corrected chi connectivity index (χ1v) is 10.7. The Balaban J connectivity index is 1.59. The molecule has 8 heteroatoms. The van der Waals surface area contributed by atoms with Gasteiger partial charge in [-0.15, -0.1) is 6.42 Å². The number of anilines is 1. The van der Waals surface area contributed by atoms with Gasteiger partial charge < -0.3 is 20.1 Å². The molecule has 164 valence electrons. The molecule has 7 nitrogen and oxygen atoms in total. The maximum Gasteiger partial charge on any atom is 0.318 e. The number of nitrogens with zero attached hydrogens (tertiary/aromatic N) is 4. The third-order valence-corrected chi connectivity index (χ3v) is 6.42. The zero-order chi connectivity index (χ0) is 22.7. The predicted octanol–water partition coefficient (Wildman–Crippen LogP) is 3.23. The average molecular weight is 441 g/mol. The number of piperidine rings is 1. The molecule has 0 amide bonds. The molecule has 0 aliphatic carbocycles. The smallest absolute Gasteiger partial charge is 0.318 e. The van der Waals surface area contributed by atoms with E-state index >= 15 is 4.39 Å². The molecular weight excluding hydrogens is 421 g/mol. The molecule has 7 rings (SSSR count). The van der Waals surface area contributed by atoms with Crippen LogP contribution in [0.5, 0.6) is 11.8 Å². The second-order valence-corrected chi connectivity index (χ2v) is 8.46. The van der Waals surface area contributed by atoms with Gasteiger partial charge in [0, 0.05) is 47.9 Å². The number of benzene rings is 2. The highest BCUT2D eigenvalue weighted by Gasteiger charge is 2.38. The van der Waals surface area contributed by atoms with Crippen LogP contribution in [0, 0.1) is 18.2 Å². The summed E-state index contributed by atoms with van der Waals surface area (Å²) in [5.74, 6) is 2.63. The zero-order valence-corrected chi connectivity index (χ0v) is 17.8. The minimum Gasteiger partial charge on any atom is -0.508 e. The molecule has 33 heavy (non-hydrogen) atoms. The molecular formula is C25H20FN5O2. The monoisotopic (exact) mass is 441 g/mol. The lowest BCUT2D eigenvalue weighted by atomic mass is 9.91. The van der Waals surface area contributed by atoms with Crippen molar-refractivity contribution in [3.63, 3.8) is 0 Å². The Labute approximate surface area is 189 Å². The Bertz CT molecular complexity index is 1470. The number of ether oxygens (including phenoxy) is 1. The molecule has 2 aromatic carbocycles. The summed E-state index contributed by atoms with van der Waals surface area (Å²) in [7, 11) is 1.46. The number of aromatic hydroxyl groups is 1. The van der Waals surface area contributed by atoms with E-state index in [0.717, 1.165) is 19.5 Å². The quantitative estimate of drug-likeness (QED) is 0.472. The lowest BCUT2D eigenvalue weighted by Gasteiger charge is -2.48. The minimum absolute atomic E-state index is 0.00559. The number of fused-ring (bicyclic) bond motifs is 4. The van der Waals surface area contributed by atoms with E-state index in [9.17, 15) is 5.11 Å². The highest BCUT2D eigenvalue weighted by molar-refractivity contribution is 6.02. The van der Waals surface area contributed by atoms with E-state index in [0.29, 0.717) is 45.2 Å². The number of rotatable bonds is 3. The van der Waals surface area contributed by atoms with Crippen LogP contribution in [-0.4, -0.2) is 52.3 Å². The second-order valence-electron chi connectivity index (χ2n) is 8.46. The maximum atomic E-state index is 16.0. The SMILES string of the molecule is C#Cc1cccc2cc(O)cc(-c3ncc4c(N5CC6CC(C5)N6)nc(OC)nc4c3F)c12. The lowest BCUT2D eigenvalue weighted by Crippen LogP contribution is -2.67. The summed E-state index contributed by atoms with van der Waals surface area (Å²) < 4.78 is 21.3. The summed E-state index contributed by atoms with van der Waals surface area (Å²) >= 11 is 0. The van der Waals surface area contributed by atoms with Gasteiger partial charge in [-0.1, -0.05) is 18.1 Å². The maximum absolute atomic E-state index is 16.0. The van der Waals surface area contributed by atoms with Crippen LogP contribution >= 0.6 is 0 Å². The lowest BCUT2D eigenvalue weighted by molar-refractivity contribution is 0.225. The summed E-state index contributed by atoms with van der Waals surface area (Å²) in [5.41, 5.74) is 1.16. The van der Waals surface area contributed by atoms with Crippen LogP contribution in [0.3, 0.4) is 0 Å². The molecule has 2 unspecified atom stereocenters.